The van der Waals surface area contributed by atoms with E-state index in [0.29, 0.717) is 0 Å². The predicted molar refractivity (Wildman–Crippen MR) is 267 cm³/mol. The Morgan fingerprint density at radius 1 is 0.222 bits per heavy atom. The molecule has 0 atom stereocenters. The first-order chi connectivity index (χ1) is 31.2. The highest BCUT2D eigenvalue weighted by Gasteiger charge is 2.20. The molecule has 1 heteroatoms. The highest BCUT2D eigenvalue weighted by Crippen LogP contribution is 2.47. The molecule has 0 bridgehead atoms. The van der Waals surface area contributed by atoms with Crippen molar-refractivity contribution in [3.05, 3.63) is 243 Å². The van der Waals surface area contributed by atoms with Crippen molar-refractivity contribution in [1.29, 1.82) is 0 Å². The average molecular weight is 801 g/mol. The van der Waals surface area contributed by atoms with Crippen molar-refractivity contribution in [3.8, 4) is 78.1 Å². The molecule has 0 radical (unpaired) electrons. The fraction of sp³-hybridized carbons (Fsp3) is 0. The summed E-state index contributed by atoms with van der Waals surface area (Å²) in [6, 6.07) is 87.8. The molecule has 1 aromatic heterocycles. The van der Waals surface area contributed by atoms with Gasteiger partial charge in [-0.25, -0.2) is 0 Å². The first-order valence-electron chi connectivity index (χ1n) is 21.7. The van der Waals surface area contributed by atoms with Gasteiger partial charge in [-0.2, -0.15) is 0 Å². The highest BCUT2D eigenvalue weighted by molar-refractivity contribution is 6.22. The van der Waals surface area contributed by atoms with Crippen molar-refractivity contribution in [1.82, 2.24) is 0 Å². The summed E-state index contributed by atoms with van der Waals surface area (Å²) in [5.74, 6) is 0.891. The third kappa shape index (κ3) is 6.42. The molecule has 0 spiro atoms. The van der Waals surface area contributed by atoms with Gasteiger partial charge in [-0.3, -0.25) is 0 Å². The molecule has 0 aliphatic rings. The van der Waals surface area contributed by atoms with E-state index in [1.807, 2.05) is 6.07 Å². The second-order valence-electron chi connectivity index (χ2n) is 16.4. The second-order valence-corrected chi connectivity index (χ2v) is 16.4. The minimum atomic E-state index is 0.878. The van der Waals surface area contributed by atoms with Gasteiger partial charge in [0.25, 0.3) is 0 Å². The Kier molecular flexibility index (Phi) is 8.90. The molecule has 0 saturated heterocycles. The van der Waals surface area contributed by atoms with Crippen LogP contribution in [-0.4, -0.2) is 0 Å². The molecule has 0 saturated carbocycles. The van der Waals surface area contributed by atoms with Crippen LogP contribution in [0.1, 0.15) is 0 Å². The van der Waals surface area contributed by atoms with Gasteiger partial charge in [-0.15, -0.1) is 0 Å². The number of benzene rings is 11. The van der Waals surface area contributed by atoms with Gasteiger partial charge in [0.05, 0.1) is 0 Å². The van der Waals surface area contributed by atoms with Crippen LogP contribution in [0.3, 0.4) is 0 Å². The third-order valence-electron chi connectivity index (χ3n) is 12.7. The zero-order valence-electron chi connectivity index (χ0n) is 34.5. The van der Waals surface area contributed by atoms with Crippen molar-refractivity contribution < 1.29 is 4.42 Å². The third-order valence-corrected chi connectivity index (χ3v) is 12.7. The molecule has 12 rings (SSSR count). The maximum Gasteiger partial charge on any atom is 0.143 e. The summed E-state index contributed by atoms with van der Waals surface area (Å²) >= 11 is 0. The molecule has 11 aromatic carbocycles. The first-order valence-corrected chi connectivity index (χ1v) is 21.7. The summed E-state index contributed by atoms with van der Waals surface area (Å²) < 4.78 is 6.61. The van der Waals surface area contributed by atoms with Crippen LogP contribution in [0.15, 0.2) is 247 Å². The maximum atomic E-state index is 6.61. The minimum absolute atomic E-state index is 0.878. The topological polar surface area (TPSA) is 13.1 Å². The van der Waals surface area contributed by atoms with E-state index in [0.717, 1.165) is 44.5 Å². The van der Waals surface area contributed by atoms with E-state index < -0.39 is 0 Å². The van der Waals surface area contributed by atoms with E-state index in [2.05, 4.69) is 237 Å². The number of hydrogen-bond acceptors (Lipinski definition) is 1. The van der Waals surface area contributed by atoms with Crippen molar-refractivity contribution in [2.45, 2.75) is 0 Å². The summed E-state index contributed by atoms with van der Waals surface area (Å²) in [6.45, 7) is 0. The average Bonchev–Trinajstić information content (AvgIpc) is 3.75. The van der Waals surface area contributed by atoms with Crippen LogP contribution >= 0.6 is 0 Å². The summed E-state index contributed by atoms with van der Waals surface area (Å²) in [5, 5.41) is 8.56. The van der Waals surface area contributed by atoms with E-state index in [-0.39, 0.29) is 0 Å². The first kappa shape index (κ1) is 36.6. The Morgan fingerprint density at radius 3 is 1.32 bits per heavy atom. The number of hydrogen-bond donors (Lipinski definition) is 0. The van der Waals surface area contributed by atoms with Gasteiger partial charge < -0.3 is 4.42 Å². The normalized spacial score (nSPS) is 11.5. The lowest BCUT2D eigenvalue weighted by atomic mass is 9.84. The predicted octanol–water partition coefficient (Wildman–Crippen LogP) is 17.6. The SMILES string of the molecule is c1ccc(-c2ccc3c(-c4ccc(-c5cccc6ccccc56)cc4)c4ccccc4c(-c4ccc(-c5ccc6oc(-c7ccccc7)c(-c7ccccc7)c6c5)cc4)c3c2)cc1. The van der Waals surface area contributed by atoms with E-state index in [4.69, 9.17) is 4.42 Å². The van der Waals surface area contributed by atoms with Gasteiger partial charge in [-0.1, -0.05) is 224 Å². The van der Waals surface area contributed by atoms with Gasteiger partial charge in [0.2, 0.25) is 0 Å². The Morgan fingerprint density at radius 2 is 0.651 bits per heavy atom. The van der Waals surface area contributed by atoms with Crippen LogP contribution in [0.5, 0.6) is 0 Å². The lowest BCUT2D eigenvalue weighted by Gasteiger charge is -2.19. The molecular weight excluding hydrogens is 761 g/mol. The quantitative estimate of drug-likeness (QED) is 0.146. The van der Waals surface area contributed by atoms with Gasteiger partial charge in [0, 0.05) is 16.5 Å². The Labute approximate surface area is 366 Å². The van der Waals surface area contributed by atoms with E-state index in [9.17, 15) is 0 Å². The van der Waals surface area contributed by atoms with E-state index >= 15 is 0 Å². The van der Waals surface area contributed by atoms with Crippen LogP contribution in [0.4, 0.5) is 0 Å². The van der Waals surface area contributed by atoms with Gasteiger partial charge >= 0.3 is 0 Å². The number of fused-ring (bicyclic) bond motifs is 4. The number of furan rings is 1. The van der Waals surface area contributed by atoms with Gasteiger partial charge in [0.15, 0.2) is 0 Å². The fourth-order valence-corrected chi connectivity index (χ4v) is 9.69. The zero-order chi connectivity index (χ0) is 41.7. The van der Waals surface area contributed by atoms with Gasteiger partial charge in [-0.05, 0) is 112 Å². The van der Waals surface area contributed by atoms with Crippen molar-refractivity contribution >= 4 is 43.3 Å². The molecule has 0 aliphatic heterocycles. The van der Waals surface area contributed by atoms with Gasteiger partial charge in [0.1, 0.15) is 11.3 Å². The molecule has 12 aromatic rings. The molecule has 0 amide bonds. The lowest BCUT2D eigenvalue weighted by molar-refractivity contribution is 0.632. The Balaban J connectivity index is 1.01. The molecular formula is C62H40O. The summed E-state index contributed by atoms with van der Waals surface area (Å²) in [7, 11) is 0. The van der Waals surface area contributed by atoms with Crippen molar-refractivity contribution in [3.63, 3.8) is 0 Å². The second kappa shape index (κ2) is 15.3. The van der Waals surface area contributed by atoms with Crippen LogP contribution < -0.4 is 0 Å². The highest BCUT2D eigenvalue weighted by atomic mass is 16.3. The smallest absolute Gasteiger partial charge is 0.143 e. The lowest BCUT2D eigenvalue weighted by Crippen LogP contribution is -1.92. The Hall–Kier alpha value is -8.26. The minimum Gasteiger partial charge on any atom is -0.455 e. The van der Waals surface area contributed by atoms with Crippen LogP contribution in [0, 0.1) is 0 Å². The summed E-state index contributed by atoms with van der Waals surface area (Å²) in [5.41, 5.74) is 16.3. The van der Waals surface area contributed by atoms with E-state index in [1.54, 1.807) is 0 Å². The molecule has 0 fully saturated rings. The summed E-state index contributed by atoms with van der Waals surface area (Å²) in [6.07, 6.45) is 0. The molecule has 1 heterocycles. The molecule has 294 valence electrons. The standard InChI is InChI=1S/C62H40O/c1-4-15-41(16-5-1)49-35-37-55-56(39-49)60(54-25-13-12-24-53(54)59(55)46-33-29-44(30-34-46)52-26-14-22-43-17-10-11-23-51(43)52)47-31-27-42(28-32-47)50-36-38-58-57(40-50)61(45-18-6-2-7-19-45)62(63-58)48-20-8-3-9-21-48/h1-40H. The van der Waals surface area contributed by atoms with Crippen LogP contribution in [0.2, 0.25) is 0 Å². The number of rotatable bonds is 7. The zero-order valence-corrected chi connectivity index (χ0v) is 34.5. The molecule has 0 unspecified atom stereocenters. The van der Waals surface area contributed by atoms with Crippen LogP contribution in [-0.2, 0) is 0 Å². The molecule has 0 N–H and O–H groups in total. The molecule has 1 nitrogen and oxygen atoms in total. The molecule has 0 aliphatic carbocycles. The van der Waals surface area contributed by atoms with Crippen molar-refractivity contribution in [2.75, 3.05) is 0 Å². The molecule has 63 heavy (non-hydrogen) atoms. The van der Waals surface area contributed by atoms with E-state index in [1.165, 1.54) is 76.8 Å². The largest absolute Gasteiger partial charge is 0.455 e. The fourth-order valence-electron chi connectivity index (χ4n) is 9.69. The van der Waals surface area contributed by atoms with Crippen LogP contribution in [0.25, 0.3) is 121 Å². The summed E-state index contributed by atoms with van der Waals surface area (Å²) in [4.78, 5) is 0. The monoisotopic (exact) mass is 800 g/mol. The Bertz CT molecular complexity index is 3610. The maximum absolute atomic E-state index is 6.61. The van der Waals surface area contributed by atoms with Crippen molar-refractivity contribution in [2.24, 2.45) is 0 Å².